The molecule has 2 nitrogen and oxygen atoms in total. The topological polar surface area (TPSA) is 37.3 Å². The Kier molecular flexibility index (Phi) is 4.20. The summed E-state index contributed by atoms with van der Waals surface area (Å²) >= 11 is 3.10. The van der Waals surface area contributed by atoms with E-state index in [1.807, 2.05) is 0 Å². The van der Waals surface area contributed by atoms with E-state index >= 15 is 0 Å². The van der Waals surface area contributed by atoms with Crippen LogP contribution in [0.15, 0.2) is 18.2 Å². The van der Waals surface area contributed by atoms with E-state index in [-0.39, 0.29) is 18.4 Å². The minimum absolute atomic E-state index is 0.129. The van der Waals surface area contributed by atoms with Crippen LogP contribution >= 0.6 is 15.9 Å². The second kappa shape index (κ2) is 5.21. The highest BCUT2D eigenvalue weighted by Crippen LogP contribution is 2.17. The number of carboxylic acids is 1. The molecule has 1 unspecified atom stereocenters. The molecule has 1 rings (SSSR count). The molecule has 0 radical (unpaired) electrons. The molecular formula is C10H9BrF2O2. The first-order valence-corrected chi connectivity index (χ1v) is 5.20. The van der Waals surface area contributed by atoms with Crippen molar-refractivity contribution in [2.24, 2.45) is 0 Å². The van der Waals surface area contributed by atoms with Crippen LogP contribution in [0.1, 0.15) is 12.0 Å². The van der Waals surface area contributed by atoms with Crippen molar-refractivity contribution < 1.29 is 18.7 Å². The number of benzene rings is 1. The van der Waals surface area contributed by atoms with Crippen LogP contribution in [0.5, 0.6) is 0 Å². The van der Waals surface area contributed by atoms with Crippen LogP contribution in [0.25, 0.3) is 0 Å². The first-order chi connectivity index (χ1) is 6.99. The van der Waals surface area contributed by atoms with Crippen LogP contribution in [0.3, 0.4) is 0 Å². The van der Waals surface area contributed by atoms with Crippen molar-refractivity contribution in [3.63, 3.8) is 0 Å². The number of aliphatic carboxylic acids is 1. The second-order valence-corrected chi connectivity index (χ2v) is 4.43. The molecule has 0 spiro atoms. The lowest BCUT2D eigenvalue weighted by Gasteiger charge is -2.07. The fraction of sp³-hybridized carbons (Fsp3) is 0.300. The summed E-state index contributed by atoms with van der Waals surface area (Å²) in [6, 6.07) is 3.13. The van der Waals surface area contributed by atoms with Crippen molar-refractivity contribution in [2.45, 2.75) is 17.7 Å². The van der Waals surface area contributed by atoms with Crippen LogP contribution in [0.2, 0.25) is 0 Å². The van der Waals surface area contributed by atoms with Gasteiger partial charge < -0.3 is 5.11 Å². The van der Waals surface area contributed by atoms with Crippen LogP contribution < -0.4 is 0 Å². The van der Waals surface area contributed by atoms with Gasteiger partial charge in [0.2, 0.25) is 0 Å². The normalized spacial score (nSPS) is 12.5. The molecule has 0 aromatic heterocycles. The maximum atomic E-state index is 13.1. The standard InChI is InChI=1S/C10H9BrF2O2/c11-7(5-10(14)15)3-6-4-8(12)1-2-9(6)13/h1-2,4,7H,3,5H2,(H,14,15). The Balaban J connectivity index is 2.71. The van der Waals surface area contributed by atoms with Gasteiger partial charge in [0.25, 0.3) is 0 Å². The summed E-state index contributed by atoms with van der Waals surface area (Å²) in [6.07, 6.45) is 0.0197. The minimum atomic E-state index is -0.978. The highest BCUT2D eigenvalue weighted by Gasteiger charge is 2.13. The van der Waals surface area contributed by atoms with Crippen molar-refractivity contribution in [3.05, 3.63) is 35.4 Å². The summed E-state index contributed by atoms with van der Waals surface area (Å²) in [5, 5.41) is 8.49. The fourth-order valence-corrected chi connectivity index (χ4v) is 1.83. The molecule has 0 saturated heterocycles. The van der Waals surface area contributed by atoms with Gasteiger partial charge in [-0.3, -0.25) is 4.79 Å². The van der Waals surface area contributed by atoms with Gasteiger partial charge in [-0.1, -0.05) is 15.9 Å². The predicted molar refractivity (Wildman–Crippen MR) is 55.0 cm³/mol. The van der Waals surface area contributed by atoms with Gasteiger partial charge in [0.1, 0.15) is 11.6 Å². The van der Waals surface area contributed by atoms with Gasteiger partial charge in [-0.2, -0.15) is 0 Å². The molecule has 0 heterocycles. The molecule has 0 aliphatic heterocycles. The third kappa shape index (κ3) is 3.95. The quantitative estimate of drug-likeness (QED) is 0.860. The van der Waals surface area contributed by atoms with E-state index < -0.39 is 22.4 Å². The van der Waals surface area contributed by atoms with Crippen molar-refractivity contribution in [1.29, 1.82) is 0 Å². The third-order valence-corrected chi connectivity index (χ3v) is 2.49. The molecule has 15 heavy (non-hydrogen) atoms. The average molecular weight is 279 g/mol. The van der Waals surface area contributed by atoms with Gasteiger partial charge in [-0.05, 0) is 30.2 Å². The Morgan fingerprint density at radius 2 is 2.13 bits per heavy atom. The molecule has 82 valence electrons. The van der Waals surface area contributed by atoms with E-state index in [4.69, 9.17) is 5.11 Å². The van der Waals surface area contributed by atoms with E-state index in [2.05, 4.69) is 15.9 Å². The van der Waals surface area contributed by atoms with Crippen molar-refractivity contribution in [3.8, 4) is 0 Å². The molecular weight excluding hydrogens is 270 g/mol. The Hall–Kier alpha value is -0.970. The third-order valence-electron chi connectivity index (χ3n) is 1.85. The summed E-state index contributed by atoms with van der Waals surface area (Å²) in [5.41, 5.74) is 0.179. The summed E-state index contributed by atoms with van der Waals surface area (Å²) in [4.78, 5) is 9.96. The van der Waals surface area contributed by atoms with E-state index in [0.29, 0.717) is 0 Å². The number of rotatable bonds is 4. The number of halogens is 3. The van der Waals surface area contributed by atoms with E-state index in [9.17, 15) is 13.6 Å². The molecule has 0 aliphatic rings. The molecule has 0 saturated carbocycles. The number of hydrogen-bond donors (Lipinski definition) is 1. The first kappa shape index (κ1) is 12.1. The smallest absolute Gasteiger partial charge is 0.304 e. The molecule has 0 amide bonds. The highest BCUT2D eigenvalue weighted by atomic mass is 79.9. The first-order valence-electron chi connectivity index (χ1n) is 4.29. The zero-order valence-electron chi connectivity index (χ0n) is 7.71. The van der Waals surface area contributed by atoms with Crippen molar-refractivity contribution in [1.82, 2.24) is 0 Å². The SMILES string of the molecule is O=C(O)CC(Br)Cc1cc(F)ccc1F. The largest absolute Gasteiger partial charge is 0.481 e. The lowest BCUT2D eigenvalue weighted by molar-refractivity contribution is -0.136. The van der Waals surface area contributed by atoms with Gasteiger partial charge in [-0.25, -0.2) is 8.78 Å². The monoisotopic (exact) mass is 278 g/mol. The van der Waals surface area contributed by atoms with Crippen LogP contribution in [0, 0.1) is 11.6 Å². The molecule has 1 aromatic rings. The van der Waals surface area contributed by atoms with E-state index in [1.54, 1.807) is 0 Å². The zero-order chi connectivity index (χ0) is 11.4. The van der Waals surface area contributed by atoms with E-state index in [0.717, 1.165) is 18.2 Å². The molecule has 0 bridgehead atoms. The summed E-state index contributed by atoms with van der Waals surface area (Å²) in [7, 11) is 0. The van der Waals surface area contributed by atoms with Gasteiger partial charge in [0.05, 0.1) is 6.42 Å². The molecule has 5 heteroatoms. The molecule has 1 N–H and O–H groups in total. The Bertz CT molecular complexity index is 368. The molecule has 1 atom stereocenters. The van der Waals surface area contributed by atoms with Crippen molar-refractivity contribution in [2.75, 3.05) is 0 Å². The van der Waals surface area contributed by atoms with E-state index in [1.165, 1.54) is 0 Å². The number of alkyl halides is 1. The lowest BCUT2D eigenvalue weighted by atomic mass is 10.1. The number of hydrogen-bond acceptors (Lipinski definition) is 1. The number of carboxylic acid groups (broad SMARTS) is 1. The average Bonchev–Trinajstić information content (AvgIpc) is 2.10. The lowest BCUT2D eigenvalue weighted by Crippen LogP contribution is -2.10. The Labute approximate surface area is 94.0 Å². The van der Waals surface area contributed by atoms with Gasteiger partial charge >= 0.3 is 5.97 Å². The van der Waals surface area contributed by atoms with Crippen LogP contribution in [-0.4, -0.2) is 15.9 Å². The number of carbonyl (C=O) groups is 1. The summed E-state index contributed by atoms with van der Waals surface area (Å²) in [6.45, 7) is 0. The van der Waals surface area contributed by atoms with Crippen molar-refractivity contribution >= 4 is 21.9 Å². The maximum Gasteiger partial charge on any atom is 0.304 e. The Morgan fingerprint density at radius 3 is 2.73 bits per heavy atom. The maximum absolute atomic E-state index is 13.1. The van der Waals surface area contributed by atoms with Crippen LogP contribution in [0.4, 0.5) is 8.78 Å². The Morgan fingerprint density at radius 1 is 1.47 bits per heavy atom. The van der Waals surface area contributed by atoms with Gasteiger partial charge in [0.15, 0.2) is 0 Å². The van der Waals surface area contributed by atoms with Gasteiger partial charge in [0, 0.05) is 4.83 Å². The van der Waals surface area contributed by atoms with Gasteiger partial charge in [-0.15, -0.1) is 0 Å². The molecule has 0 fully saturated rings. The summed E-state index contributed by atoms with van der Waals surface area (Å²) < 4.78 is 25.9. The molecule has 0 aliphatic carbocycles. The van der Waals surface area contributed by atoms with Crippen LogP contribution in [-0.2, 0) is 11.2 Å². The second-order valence-electron chi connectivity index (χ2n) is 3.14. The molecule has 1 aromatic carbocycles. The zero-order valence-corrected chi connectivity index (χ0v) is 9.30. The highest BCUT2D eigenvalue weighted by molar-refractivity contribution is 9.09. The minimum Gasteiger partial charge on any atom is -0.481 e. The summed E-state index contributed by atoms with van der Waals surface area (Å²) in [5.74, 6) is -2.03. The fourth-order valence-electron chi connectivity index (χ4n) is 1.20. The predicted octanol–water partition coefficient (Wildman–Crippen LogP) is 2.75.